The van der Waals surface area contributed by atoms with E-state index in [9.17, 15) is 18.0 Å². The summed E-state index contributed by atoms with van der Waals surface area (Å²) >= 11 is 0. The molecule has 0 saturated carbocycles. The zero-order chi connectivity index (χ0) is 16.4. The highest BCUT2D eigenvalue weighted by Crippen LogP contribution is 2.22. The summed E-state index contributed by atoms with van der Waals surface area (Å²) in [6.07, 6.45) is 1.90. The fraction of sp³-hybridized carbons (Fsp3) is 0.500. The topological polar surface area (TPSA) is 83.6 Å². The maximum absolute atomic E-state index is 12.0. The summed E-state index contributed by atoms with van der Waals surface area (Å²) in [5.41, 5.74) is 1.80. The van der Waals surface area contributed by atoms with Crippen LogP contribution in [0.1, 0.15) is 24.8 Å². The van der Waals surface area contributed by atoms with Gasteiger partial charge in [-0.05, 0) is 30.5 Å². The van der Waals surface area contributed by atoms with Crippen LogP contribution in [0, 0.1) is 5.92 Å². The maximum atomic E-state index is 12.0. The molecule has 2 amide bonds. The Morgan fingerprint density at radius 2 is 2.00 bits per heavy atom. The largest absolute Gasteiger partial charge is 0.352 e. The molecule has 0 radical (unpaired) electrons. The van der Waals surface area contributed by atoms with Gasteiger partial charge in [-0.25, -0.2) is 8.42 Å². The summed E-state index contributed by atoms with van der Waals surface area (Å²) in [5, 5.41) is 2.79. The van der Waals surface area contributed by atoms with Crippen LogP contribution in [0.15, 0.2) is 24.3 Å². The van der Waals surface area contributed by atoms with Gasteiger partial charge < -0.3 is 10.2 Å². The van der Waals surface area contributed by atoms with Gasteiger partial charge in [0.25, 0.3) is 0 Å². The Morgan fingerprint density at radius 1 is 1.26 bits per heavy atom. The number of anilines is 1. The summed E-state index contributed by atoms with van der Waals surface area (Å²) in [6.45, 7) is 1.12. The number of amides is 2. The van der Waals surface area contributed by atoms with Gasteiger partial charge in [-0.15, -0.1) is 0 Å². The highest BCUT2D eigenvalue weighted by molar-refractivity contribution is 7.91. The molecule has 1 unspecified atom stereocenters. The van der Waals surface area contributed by atoms with Crippen molar-refractivity contribution in [1.29, 1.82) is 0 Å². The van der Waals surface area contributed by atoms with Crippen molar-refractivity contribution >= 4 is 27.3 Å². The minimum Gasteiger partial charge on any atom is -0.352 e. The molecule has 23 heavy (non-hydrogen) atoms. The summed E-state index contributed by atoms with van der Waals surface area (Å²) in [4.78, 5) is 25.5. The van der Waals surface area contributed by atoms with Crippen molar-refractivity contribution in [3.63, 3.8) is 0 Å². The van der Waals surface area contributed by atoms with Gasteiger partial charge in [0, 0.05) is 25.2 Å². The highest BCUT2D eigenvalue weighted by Gasteiger charge is 2.32. The van der Waals surface area contributed by atoms with E-state index in [1.54, 1.807) is 4.90 Å². The first-order valence-corrected chi connectivity index (χ1v) is 9.64. The number of nitrogens with zero attached hydrogens (tertiary/aromatic N) is 1. The molecule has 124 valence electrons. The minimum atomic E-state index is -3.04. The predicted octanol–water partition coefficient (Wildman–Crippen LogP) is 0.864. The molecule has 6 nitrogen and oxygen atoms in total. The molecular weight excluding hydrogens is 316 g/mol. The van der Waals surface area contributed by atoms with Crippen molar-refractivity contribution in [3.8, 4) is 0 Å². The molecule has 7 heteroatoms. The molecule has 3 rings (SSSR count). The van der Waals surface area contributed by atoms with Gasteiger partial charge in [-0.3, -0.25) is 9.59 Å². The molecule has 2 saturated heterocycles. The average Bonchev–Trinajstić information content (AvgIpc) is 3.11. The number of carbonyl (C=O) groups excluding carboxylic acids is 2. The third-order valence-electron chi connectivity index (χ3n) is 4.39. The number of nitrogens with one attached hydrogen (secondary N) is 1. The number of carbonyl (C=O) groups is 2. The highest BCUT2D eigenvalue weighted by atomic mass is 32.2. The number of sulfone groups is 1. The second-order valence-electron chi connectivity index (χ2n) is 6.13. The Balaban J connectivity index is 1.54. The van der Waals surface area contributed by atoms with E-state index in [-0.39, 0.29) is 23.3 Å². The smallest absolute Gasteiger partial charge is 0.227 e. The van der Waals surface area contributed by atoms with E-state index in [2.05, 4.69) is 5.32 Å². The Hall–Kier alpha value is -1.89. The normalized spacial score (nSPS) is 23.2. The summed E-state index contributed by atoms with van der Waals surface area (Å²) in [5.74, 6) is -0.432. The van der Waals surface area contributed by atoms with E-state index in [0.29, 0.717) is 19.4 Å². The number of hydrogen-bond donors (Lipinski definition) is 1. The Morgan fingerprint density at radius 3 is 2.57 bits per heavy atom. The van der Waals surface area contributed by atoms with Gasteiger partial charge in [0.15, 0.2) is 9.84 Å². The van der Waals surface area contributed by atoms with Gasteiger partial charge in [0.1, 0.15) is 0 Å². The number of benzene rings is 1. The molecule has 1 aromatic rings. The minimum absolute atomic E-state index is 0.0468. The monoisotopic (exact) mass is 336 g/mol. The summed E-state index contributed by atoms with van der Waals surface area (Å²) < 4.78 is 22.8. The molecule has 0 bridgehead atoms. The predicted molar refractivity (Wildman–Crippen MR) is 86.6 cm³/mol. The lowest BCUT2D eigenvalue weighted by atomic mass is 10.1. The van der Waals surface area contributed by atoms with Crippen LogP contribution in [0.2, 0.25) is 0 Å². The van der Waals surface area contributed by atoms with Crippen molar-refractivity contribution < 1.29 is 18.0 Å². The Kier molecular flexibility index (Phi) is 4.39. The first-order chi connectivity index (χ1) is 10.9. The van der Waals surface area contributed by atoms with Crippen molar-refractivity contribution in [2.45, 2.75) is 25.8 Å². The van der Waals surface area contributed by atoms with Crippen molar-refractivity contribution in [2.24, 2.45) is 5.92 Å². The fourth-order valence-electron chi connectivity index (χ4n) is 3.05. The van der Waals surface area contributed by atoms with Gasteiger partial charge in [-0.1, -0.05) is 12.1 Å². The molecule has 2 aliphatic heterocycles. The first kappa shape index (κ1) is 16.0. The first-order valence-electron chi connectivity index (χ1n) is 7.82. The standard InChI is InChI=1S/C16H20N2O4S/c19-15-2-1-8-18(15)14-5-3-12(4-6-14)10-17-16(20)13-7-9-23(21,22)11-13/h3-6,13H,1-2,7-11H2,(H,17,20). The Labute approximate surface area is 135 Å². The third kappa shape index (κ3) is 3.72. The molecule has 0 aromatic heterocycles. The molecule has 2 fully saturated rings. The van der Waals surface area contributed by atoms with Crippen LogP contribution in [0.3, 0.4) is 0 Å². The van der Waals surface area contributed by atoms with E-state index in [1.165, 1.54) is 0 Å². The Bertz CT molecular complexity index is 712. The second kappa shape index (κ2) is 6.31. The van der Waals surface area contributed by atoms with E-state index >= 15 is 0 Å². The zero-order valence-electron chi connectivity index (χ0n) is 12.8. The quantitative estimate of drug-likeness (QED) is 0.884. The van der Waals surface area contributed by atoms with E-state index < -0.39 is 15.8 Å². The molecule has 2 heterocycles. The molecule has 1 atom stereocenters. The van der Waals surface area contributed by atoms with Gasteiger partial charge in [0.2, 0.25) is 11.8 Å². The van der Waals surface area contributed by atoms with Crippen LogP contribution in [0.25, 0.3) is 0 Å². The lowest BCUT2D eigenvalue weighted by Crippen LogP contribution is -2.31. The summed E-state index contributed by atoms with van der Waals surface area (Å²) in [7, 11) is -3.04. The summed E-state index contributed by atoms with van der Waals surface area (Å²) in [6, 6.07) is 7.52. The van der Waals surface area contributed by atoms with Crippen molar-refractivity contribution in [2.75, 3.05) is 23.0 Å². The second-order valence-corrected chi connectivity index (χ2v) is 8.36. The molecule has 0 spiro atoms. The average molecular weight is 336 g/mol. The molecular formula is C16H20N2O4S. The van der Waals surface area contributed by atoms with Crippen LogP contribution in [-0.2, 0) is 26.0 Å². The van der Waals surface area contributed by atoms with Crippen LogP contribution in [0.4, 0.5) is 5.69 Å². The van der Waals surface area contributed by atoms with Crippen molar-refractivity contribution in [1.82, 2.24) is 5.32 Å². The lowest BCUT2D eigenvalue weighted by Gasteiger charge is -2.16. The van der Waals surface area contributed by atoms with Crippen LogP contribution in [0.5, 0.6) is 0 Å². The maximum Gasteiger partial charge on any atom is 0.227 e. The van der Waals surface area contributed by atoms with E-state index in [4.69, 9.17) is 0 Å². The molecule has 2 aliphatic rings. The van der Waals surface area contributed by atoms with Crippen LogP contribution < -0.4 is 10.2 Å². The van der Waals surface area contributed by atoms with Gasteiger partial charge in [-0.2, -0.15) is 0 Å². The molecule has 1 aromatic carbocycles. The third-order valence-corrected chi connectivity index (χ3v) is 6.16. The number of rotatable bonds is 4. The van der Waals surface area contributed by atoms with Crippen molar-refractivity contribution in [3.05, 3.63) is 29.8 Å². The number of hydrogen-bond acceptors (Lipinski definition) is 4. The van der Waals surface area contributed by atoms with E-state index in [0.717, 1.165) is 24.2 Å². The molecule has 1 N–H and O–H groups in total. The van der Waals surface area contributed by atoms with E-state index in [1.807, 2.05) is 24.3 Å². The van der Waals surface area contributed by atoms with Crippen LogP contribution >= 0.6 is 0 Å². The fourth-order valence-corrected chi connectivity index (χ4v) is 4.79. The SMILES string of the molecule is O=C(NCc1ccc(N2CCCC2=O)cc1)C1CCS(=O)(=O)C1. The van der Waals surface area contributed by atoms with Gasteiger partial charge >= 0.3 is 0 Å². The van der Waals surface area contributed by atoms with Gasteiger partial charge in [0.05, 0.1) is 17.4 Å². The zero-order valence-corrected chi connectivity index (χ0v) is 13.6. The lowest BCUT2D eigenvalue weighted by molar-refractivity contribution is -0.124. The molecule has 0 aliphatic carbocycles. The van der Waals surface area contributed by atoms with Crippen LogP contribution in [-0.4, -0.2) is 38.3 Å².